The van der Waals surface area contributed by atoms with Crippen molar-refractivity contribution in [3.63, 3.8) is 0 Å². The molecule has 0 unspecified atom stereocenters. The minimum atomic E-state index is -0.00713. The molecule has 0 fully saturated rings. The molecule has 1 aromatic carbocycles. The van der Waals surface area contributed by atoms with E-state index in [-0.39, 0.29) is 11.2 Å². The molecule has 0 heterocycles. The zero-order chi connectivity index (χ0) is 12.6. The van der Waals surface area contributed by atoms with Gasteiger partial charge in [-0.05, 0) is 47.2 Å². The molecule has 17 heavy (non-hydrogen) atoms. The average Bonchev–Trinajstić information content (AvgIpc) is 2.18. The molecule has 90 valence electrons. The van der Waals surface area contributed by atoms with Crippen LogP contribution in [0.15, 0.2) is 24.3 Å². The highest BCUT2D eigenvalue weighted by molar-refractivity contribution is 6.34. The van der Waals surface area contributed by atoms with Crippen LogP contribution in [-0.2, 0) is 4.79 Å². The van der Waals surface area contributed by atoms with Crippen LogP contribution < -0.4 is 0 Å². The molecule has 1 aliphatic rings. The van der Waals surface area contributed by atoms with Crippen molar-refractivity contribution < 1.29 is 4.79 Å². The highest BCUT2D eigenvalue weighted by Crippen LogP contribution is 2.40. The van der Waals surface area contributed by atoms with Gasteiger partial charge in [0.05, 0.1) is 0 Å². The van der Waals surface area contributed by atoms with Crippen molar-refractivity contribution in [2.45, 2.75) is 26.7 Å². The lowest BCUT2D eigenvalue weighted by Crippen LogP contribution is -2.21. The van der Waals surface area contributed by atoms with Crippen LogP contribution in [0.1, 0.15) is 32.3 Å². The van der Waals surface area contributed by atoms with Crippen molar-refractivity contribution >= 4 is 34.6 Å². The number of carbonyl (C=O) groups excluding carboxylic acids is 1. The maximum atomic E-state index is 11.7. The lowest BCUT2D eigenvalue weighted by atomic mass is 9.75. The van der Waals surface area contributed by atoms with Gasteiger partial charge in [-0.3, -0.25) is 4.79 Å². The van der Waals surface area contributed by atoms with Gasteiger partial charge in [-0.1, -0.05) is 37.0 Å². The number of hydrogen-bond donors (Lipinski definition) is 0. The largest absolute Gasteiger partial charge is 0.295 e. The molecule has 0 atom stereocenters. The maximum absolute atomic E-state index is 11.7. The molecule has 0 radical (unpaired) electrons. The molecule has 1 nitrogen and oxygen atoms in total. The normalized spacial score (nSPS) is 19.1. The number of allylic oxidation sites excluding steroid dienone is 2. The summed E-state index contributed by atoms with van der Waals surface area (Å²) in [5.74, 6) is 0.160. The van der Waals surface area contributed by atoms with Crippen molar-refractivity contribution in [1.82, 2.24) is 0 Å². The Hall–Kier alpha value is -0.790. The first-order valence-corrected chi connectivity index (χ1v) is 6.32. The molecule has 1 aromatic rings. The van der Waals surface area contributed by atoms with E-state index >= 15 is 0 Å². The van der Waals surface area contributed by atoms with Gasteiger partial charge in [0, 0.05) is 16.5 Å². The van der Waals surface area contributed by atoms with Crippen LogP contribution in [0.25, 0.3) is 5.57 Å². The molecule has 0 amide bonds. The van der Waals surface area contributed by atoms with Crippen LogP contribution in [0.4, 0.5) is 0 Å². The molecular formula is C14H14Cl2O. The second-order valence-corrected chi connectivity index (χ2v) is 6.12. The predicted molar refractivity (Wildman–Crippen MR) is 72.5 cm³/mol. The molecule has 0 spiro atoms. The Morgan fingerprint density at radius 2 is 1.88 bits per heavy atom. The van der Waals surface area contributed by atoms with Gasteiger partial charge < -0.3 is 0 Å². The average molecular weight is 269 g/mol. The number of halogens is 2. The third kappa shape index (κ3) is 2.91. The zero-order valence-electron chi connectivity index (χ0n) is 9.89. The van der Waals surface area contributed by atoms with Crippen LogP contribution >= 0.6 is 23.2 Å². The topological polar surface area (TPSA) is 17.1 Å². The molecule has 0 aliphatic heterocycles. The summed E-state index contributed by atoms with van der Waals surface area (Å²) < 4.78 is 0. The lowest BCUT2D eigenvalue weighted by molar-refractivity contribution is -0.116. The molecule has 2 rings (SSSR count). The van der Waals surface area contributed by atoms with Crippen LogP contribution in [-0.4, -0.2) is 5.78 Å². The van der Waals surface area contributed by atoms with E-state index in [1.165, 1.54) is 0 Å². The summed E-state index contributed by atoms with van der Waals surface area (Å²) in [6, 6.07) is 5.35. The first-order valence-electron chi connectivity index (χ1n) is 5.56. The smallest absolute Gasteiger partial charge is 0.156 e. The number of benzene rings is 1. The Kier molecular flexibility index (Phi) is 3.33. The summed E-state index contributed by atoms with van der Waals surface area (Å²) >= 11 is 12.1. The Balaban J connectivity index is 2.46. The van der Waals surface area contributed by atoms with Gasteiger partial charge in [-0.2, -0.15) is 0 Å². The lowest BCUT2D eigenvalue weighted by Gasteiger charge is -2.29. The quantitative estimate of drug-likeness (QED) is 0.718. The Labute approximate surface area is 111 Å². The fourth-order valence-electron chi connectivity index (χ4n) is 2.26. The Bertz CT molecular complexity index is 501. The summed E-state index contributed by atoms with van der Waals surface area (Å²) in [7, 11) is 0. The summed E-state index contributed by atoms with van der Waals surface area (Å²) in [6.07, 6.45) is 3.14. The Morgan fingerprint density at radius 1 is 1.18 bits per heavy atom. The number of ketones is 1. The van der Waals surface area contributed by atoms with Gasteiger partial charge >= 0.3 is 0 Å². The fraction of sp³-hybridized carbons (Fsp3) is 0.357. The summed E-state index contributed by atoms with van der Waals surface area (Å²) in [6.45, 7) is 4.19. The predicted octanol–water partition coefficient (Wildman–Crippen LogP) is 4.77. The third-order valence-corrected chi connectivity index (χ3v) is 3.50. The van der Waals surface area contributed by atoms with Crippen LogP contribution in [0.2, 0.25) is 10.0 Å². The number of carbonyl (C=O) groups is 1. The third-order valence-electron chi connectivity index (χ3n) is 2.93. The van der Waals surface area contributed by atoms with Gasteiger partial charge in [0.15, 0.2) is 5.78 Å². The SMILES string of the molecule is CC1(C)CC(=O)C=C(c2cc(Cl)ccc2Cl)C1. The van der Waals surface area contributed by atoms with Crippen LogP contribution in [0.3, 0.4) is 0 Å². The molecular weight excluding hydrogens is 255 g/mol. The van der Waals surface area contributed by atoms with Crippen molar-refractivity contribution in [2.75, 3.05) is 0 Å². The molecule has 0 aromatic heterocycles. The van der Waals surface area contributed by atoms with E-state index in [4.69, 9.17) is 23.2 Å². The van der Waals surface area contributed by atoms with E-state index in [0.717, 1.165) is 17.6 Å². The monoisotopic (exact) mass is 268 g/mol. The zero-order valence-corrected chi connectivity index (χ0v) is 11.4. The first-order chi connectivity index (χ1) is 7.87. The molecule has 1 aliphatic carbocycles. The number of hydrogen-bond acceptors (Lipinski definition) is 1. The van der Waals surface area contributed by atoms with Crippen LogP contribution in [0.5, 0.6) is 0 Å². The fourth-order valence-corrected chi connectivity index (χ4v) is 2.67. The van der Waals surface area contributed by atoms with Crippen LogP contribution in [0, 0.1) is 5.41 Å². The van der Waals surface area contributed by atoms with E-state index in [2.05, 4.69) is 13.8 Å². The first kappa shape index (κ1) is 12.7. The van der Waals surface area contributed by atoms with E-state index in [1.54, 1.807) is 18.2 Å². The van der Waals surface area contributed by atoms with Gasteiger partial charge in [0.2, 0.25) is 0 Å². The summed E-state index contributed by atoms with van der Waals surface area (Å²) in [5.41, 5.74) is 1.85. The minimum absolute atomic E-state index is 0.00713. The van der Waals surface area contributed by atoms with Gasteiger partial charge in [0.1, 0.15) is 0 Å². The van der Waals surface area contributed by atoms with Gasteiger partial charge in [-0.25, -0.2) is 0 Å². The molecule has 0 saturated heterocycles. The molecule has 0 bridgehead atoms. The van der Waals surface area contributed by atoms with E-state index < -0.39 is 0 Å². The summed E-state index contributed by atoms with van der Waals surface area (Å²) in [5, 5.41) is 1.28. The second-order valence-electron chi connectivity index (χ2n) is 5.28. The van der Waals surface area contributed by atoms with Crippen molar-refractivity contribution in [1.29, 1.82) is 0 Å². The van der Waals surface area contributed by atoms with Crippen molar-refractivity contribution in [2.24, 2.45) is 5.41 Å². The number of rotatable bonds is 1. The molecule has 3 heteroatoms. The second kappa shape index (κ2) is 4.47. The maximum Gasteiger partial charge on any atom is 0.156 e. The minimum Gasteiger partial charge on any atom is -0.295 e. The Morgan fingerprint density at radius 3 is 2.53 bits per heavy atom. The van der Waals surface area contributed by atoms with Crippen molar-refractivity contribution in [3.8, 4) is 0 Å². The standard InChI is InChI=1S/C14H14Cl2O/c1-14(2)7-9(5-11(17)8-14)12-6-10(15)3-4-13(12)16/h3-6H,7-8H2,1-2H3. The van der Waals surface area contributed by atoms with E-state index in [9.17, 15) is 4.79 Å². The van der Waals surface area contributed by atoms with E-state index in [0.29, 0.717) is 16.5 Å². The summed E-state index contributed by atoms with van der Waals surface area (Å²) in [4.78, 5) is 11.7. The van der Waals surface area contributed by atoms with E-state index in [1.807, 2.05) is 6.07 Å². The highest BCUT2D eigenvalue weighted by Gasteiger charge is 2.28. The molecule has 0 N–H and O–H groups in total. The van der Waals surface area contributed by atoms with Gasteiger partial charge in [-0.15, -0.1) is 0 Å². The molecule has 0 saturated carbocycles. The van der Waals surface area contributed by atoms with Gasteiger partial charge in [0.25, 0.3) is 0 Å². The highest BCUT2D eigenvalue weighted by atomic mass is 35.5. The van der Waals surface area contributed by atoms with Crippen molar-refractivity contribution in [3.05, 3.63) is 39.9 Å².